The average Bonchev–Trinajstić information content (AvgIpc) is 3.70. The van der Waals surface area contributed by atoms with Gasteiger partial charge in [-0.15, -0.1) is 12.1 Å². The van der Waals surface area contributed by atoms with E-state index < -0.39 is 0 Å². The monoisotopic (exact) mass is 1140 g/mol. The van der Waals surface area contributed by atoms with E-state index in [1.165, 1.54) is 32.1 Å². The molecule has 1 aromatic carbocycles. The van der Waals surface area contributed by atoms with Gasteiger partial charge in [0.25, 0.3) is 0 Å². The van der Waals surface area contributed by atoms with Crippen LogP contribution in [0.3, 0.4) is 0 Å². The predicted octanol–water partition coefficient (Wildman–Crippen LogP) is 3.36. The third kappa shape index (κ3) is 286. The maximum absolute atomic E-state index is 7.50. The summed E-state index contributed by atoms with van der Waals surface area (Å²) < 4.78 is 90.0. The van der Waals surface area contributed by atoms with Crippen LogP contribution in [0.2, 0.25) is 0 Å². The Labute approximate surface area is 290 Å². The minimum atomic E-state index is 0. The largest absolute Gasteiger partial charge is 0 e. The molecule has 0 radical (unpaired) electrons. The molecule has 0 saturated heterocycles. The van der Waals surface area contributed by atoms with Crippen molar-refractivity contribution >= 4 is 6.08 Å². The van der Waals surface area contributed by atoms with Crippen molar-refractivity contribution in [3.63, 3.8) is 0 Å². The Bertz CT molecular complexity index is 577. The molecule has 2 rings (SSSR count). The van der Waals surface area contributed by atoms with Crippen LogP contribution in [-0.4, -0.2) is 0 Å². The first kappa shape index (κ1) is 106. The first-order valence-electron chi connectivity index (χ1n) is 7.48. The zero-order chi connectivity index (χ0) is 33.4. The van der Waals surface area contributed by atoms with Crippen molar-refractivity contribution in [3.05, 3.63) is 122 Å². The van der Waals surface area contributed by atoms with Crippen molar-refractivity contribution in [3.8, 4) is 0 Å². The molecule has 0 atom stereocenters. The van der Waals surface area contributed by atoms with E-state index in [0.29, 0.717) is 0 Å². The molecule has 1 fully saturated rings. The van der Waals surface area contributed by atoms with Crippen LogP contribution in [-0.2, 0) is 132 Å². The molecule has 12 nitrogen and oxygen atoms in total. The number of hydrogen-bond donors (Lipinski definition) is 0. The average molecular weight is 1140 g/mol. The van der Waals surface area contributed by atoms with E-state index >= 15 is 0 Å². The van der Waals surface area contributed by atoms with Crippen LogP contribution >= 0.6 is 0 Å². The summed E-state index contributed by atoms with van der Waals surface area (Å²) in [6.45, 7) is 59.2. The smallest absolute Gasteiger partial charge is 0 e. The van der Waals surface area contributed by atoms with Crippen molar-refractivity contribution in [2.45, 2.75) is 32.1 Å². The van der Waals surface area contributed by atoms with Gasteiger partial charge in [-0.2, -0.15) is 5.56 Å². The number of hydrogen-bond acceptors (Lipinski definition) is 0. The zero-order valence-corrected chi connectivity index (χ0v) is 29.3. The molecule has 221 valence electrons. The fourth-order valence-electron chi connectivity index (χ4n) is 1.45. The Morgan fingerprint density at radius 2 is 0.537 bits per heavy atom. The summed E-state index contributed by atoms with van der Waals surface area (Å²) >= 11 is 0. The second-order valence-electron chi connectivity index (χ2n) is 3.35. The topological polar surface area (TPSA) is 239 Å². The molecule has 0 aliphatic heterocycles. The van der Waals surface area contributed by atoms with Gasteiger partial charge in [0, 0.05) is 59.4 Å². The van der Waals surface area contributed by atoms with E-state index in [-0.39, 0.29) is 76.4 Å². The molecule has 1 saturated carbocycles. The zero-order valence-electron chi connectivity index (χ0n) is 20.4. The molecule has 0 unspecified atom stereocenters. The van der Waals surface area contributed by atoms with E-state index in [0.717, 1.165) is 5.56 Å². The van der Waals surface area contributed by atoms with Crippen LogP contribution in [0, 0.1) is 86.4 Å². The van der Waals surface area contributed by atoms with Crippen LogP contribution in [0.25, 0.3) is 6.08 Å². The summed E-state index contributed by atoms with van der Waals surface area (Å²) in [4.78, 5) is 0. The molecule has 41 heavy (non-hydrogen) atoms. The van der Waals surface area contributed by atoms with Crippen molar-refractivity contribution in [1.82, 2.24) is 0 Å². The van der Waals surface area contributed by atoms with Gasteiger partial charge in [0.15, 0.2) is 0 Å². The summed E-state index contributed by atoms with van der Waals surface area (Å²) in [6.07, 6.45) is 9.08. The minimum absolute atomic E-state index is 0. The molecule has 1 aliphatic rings. The van der Waals surface area contributed by atoms with Gasteiger partial charge in [-0.25, -0.2) is 6.08 Å². The molecule has 1 aliphatic carbocycles. The first-order valence-corrected chi connectivity index (χ1v) is 7.48. The third-order valence-electron chi connectivity index (χ3n) is 2.24. The van der Waals surface area contributed by atoms with Crippen molar-refractivity contribution in [1.29, 1.82) is 0 Å². The van der Waals surface area contributed by atoms with Gasteiger partial charge in [-0.05, 0) is 0 Å². The standard InChI is InChI=1S/C8H7.C5H10.12CO.Mn.3Os.H/c1-2-8-6-4-3-5-7-8;1-2-4-5-3-1;12*1-2;;;;;/h1-7H;1-5H2;;;;;;;;;;;;;;;;;/q-1;;;;;;;;;;;;;;+1;;;;. The Balaban J connectivity index is -0.0000000123. The summed E-state index contributed by atoms with van der Waals surface area (Å²) in [6, 6.07) is 9.80. The predicted molar refractivity (Wildman–Crippen MR) is 107 cm³/mol. The van der Waals surface area contributed by atoms with Crippen molar-refractivity contribution in [2.24, 2.45) is 0 Å². The van der Waals surface area contributed by atoms with Gasteiger partial charge in [0.2, 0.25) is 0 Å². The van der Waals surface area contributed by atoms with Gasteiger partial charge in [-0.3, -0.25) is 6.58 Å². The van der Waals surface area contributed by atoms with Gasteiger partial charge in [0.1, 0.15) is 0 Å². The summed E-state index contributed by atoms with van der Waals surface area (Å²) in [5, 5.41) is 0. The number of benzene rings is 1. The summed E-state index contributed by atoms with van der Waals surface area (Å²) in [5.41, 5.74) is 1.06. The normalized spacial score (nSPS) is 5.17. The Kier molecular flexibility index (Phi) is 915. The first-order chi connectivity index (χ1) is 18.4. The molecular formula is C25H18MnO12Os3. The van der Waals surface area contributed by atoms with Crippen LogP contribution in [0.4, 0.5) is 0 Å². The van der Waals surface area contributed by atoms with E-state index in [2.05, 4.69) is 79.8 Å². The van der Waals surface area contributed by atoms with Crippen LogP contribution < -0.4 is 0 Å². The second-order valence-corrected chi connectivity index (χ2v) is 3.35. The quantitative estimate of drug-likeness (QED) is 0.224. The van der Waals surface area contributed by atoms with Crippen LogP contribution in [0.5, 0.6) is 0 Å². The van der Waals surface area contributed by atoms with Crippen LogP contribution in [0.1, 0.15) is 37.7 Å². The molecule has 0 aromatic heterocycles. The molecule has 0 bridgehead atoms. The van der Waals surface area contributed by atoms with E-state index in [1.54, 1.807) is 6.08 Å². The van der Waals surface area contributed by atoms with Gasteiger partial charge < -0.3 is 0 Å². The molecule has 0 spiro atoms. The van der Waals surface area contributed by atoms with E-state index in [4.69, 9.17) is 62.4 Å². The number of rotatable bonds is 1. The van der Waals surface area contributed by atoms with E-state index in [9.17, 15) is 0 Å². The fraction of sp³-hybridized carbons (Fsp3) is 0.200. The summed E-state index contributed by atoms with van der Waals surface area (Å²) in [5.74, 6) is 0. The molecular weight excluding hydrogens is 1120 g/mol. The maximum atomic E-state index is 7.50. The second kappa shape index (κ2) is 353. The van der Waals surface area contributed by atoms with Gasteiger partial charge in [0.05, 0.1) is 0 Å². The Hall–Kier alpha value is -1.73. The Morgan fingerprint density at radius 1 is 0.390 bits per heavy atom. The van der Waals surface area contributed by atoms with Crippen molar-refractivity contribution < 1.29 is 132 Å². The molecule has 0 amide bonds. The van der Waals surface area contributed by atoms with Gasteiger partial charge in [-0.1, -0.05) is 50.3 Å². The SMILES string of the molecule is C1CCCC1.[C-]#[O+].[C-]#[O+].[C-]#[O+].[C-]#[O+].[C-]#[O+].[C-]#[O+].[C-]#[O+].[C-]#[O+].[C-]#[O+].[C-]#[O+].[C-]#[O+].[C-]#[O+].[CH-]=Cc1ccccc1.[MnH+].[Os].[Os].[Os]. The minimum Gasteiger partial charge on any atom is 0 e. The maximum Gasteiger partial charge on any atom is 0 e. The van der Waals surface area contributed by atoms with E-state index in [1.807, 2.05) is 30.3 Å². The molecule has 16 heteroatoms. The van der Waals surface area contributed by atoms with Crippen molar-refractivity contribution in [2.75, 3.05) is 0 Å². The van der Waals surface area contributed by atoms with Gasteiger partial charge >= 0.3 is 153 Å². The Morgan fingerprint density at radius 3 is 0.634 bits per heavy atom. The molecule has 0 heterocycles. The molecule has 0 N–H and O–H groups in total. The molecule has 1 aromatic rings. The fourth-order valence-corrected chi connectivity index (χ4v) is 1.45. The van der Waals surface area contributed by atoms with Crippen LogP contribution in [0.15, 0.2) is 30.3 Å². The summed E-state index contributed by atoms with van der Waals surface area (Å²) in [7, 11) is 0. The third-order valence-corrected chi connectivity index (χ3v) is 2.24.